The number of nitriles is 1. The van der Waals surface area contributed by atoms with Crippen LogP contribution in [0, 0.1) is 16.7 Å². The highest BCUT2D eigenvalue weighted by Gasteiger charge is 2.31. The molecule has 100 valence electrons. The highest BCUT2D eigenvalue weighted by Crippen LogP contribution is 2.22. The summed E-state index contributed by atoms with van der Waals surface area (Å²) in [6.45, 7) is 3.26. The molecule has 0 fully saturated rings. The van der Waals surface area contributed by atoms with Gasteiger partial charge in [-0.25, -0.2) is 4.98 Å². The fraction of sp³-hybridized carbons (Fsp3) is 0.385. The van der Waals surface area contributed by atoms with Gasteiger partial charge in [-0.15, -0.1) is 0 Å². The number of esters is 1. The molecule has 0 aliphatic rings. The topological polar surface area (TPSA) is 92.1 Å². The number of carbonyl (C=O) groups excluding carboxylic acids is 2. The van der Waals surface area contributed by atoms with Gasteiger partial charge in [-0.3, -0.25) is 9.59 Å². The van der Waals surface area contributed by atoms with Crippen LogP contribution in [0.3, 0.4) is 0 Å². The van der Waals surface area contributed by atoms with Gasteiger partial charge in [0.1, 0.15) is 11.9 Å². The van der Waals surface area contributed by atoms with Crippen molar-refractivity contribution in [2.45, 2.75) is 20.3 Å². The van der Waals surface area contributed by atoms with Crippen molar-refractivity contribution in [1.29, 1.82) is 5.26 Å². The molecule has 0 aromatic carbocycles. The summed E-state index contributed by atoms with van der Waals surface area (Å²) < 4.78 is 4.63. The molecule has 0 radical (unpaired) electrons. The molecule has 0 bridgehead atoms. The van der Waals surface area contributed by atoms with Gasteiger partial charge in [-0.05, 0) is 26.0 Å². The third-order valence-electron chi connectivity index (χ3n) is 2.50. The molecule has 0 unspecified atom stereocenters. The van der Waals surface area contributed by atoms with Crippen LogP contribution in [0.15, 0.2) is 18.3 Å². The first-order valence-corrected chi connectivity index (χ1v) is 5.63. The van der Waals surface area contributed by atoms with Crippen molar-refractivity contribution >= 4 is 17.7 Å². The lowest BCUT2D eigenvalue weighted by molar-refractivity contribution is -0.152. The molecule has 1 aromatic heterocycles. The van der Waals surface area contributed by atoms with Crippen molar-refractivity contribution < 1.29 is 14.3 Å². The quantitative estimate of drug-likeness (QED) is 0.829. The molecule has 0 spiro atoms. The minimum atomic E-state index is -0.897. The van der Waals surface area contributed by atoms with Gasteiger partial charge in [0.2, 0.25) is 5.91 Å². The monoisotopic (exact) mass is 261 g/mol. The maximum Gasteiger partial charge on any atom is 0.311 e. The van der Waals surface area contributed by atoms with Crippen molar-refractivity contribution in [1.82, 2.24) is 4.98 Å². The first-order valence-electron chi connectivity index (χ1n) is 5.63. The third kappa shape index (κ3) is 4.07. The molecule has 1 aromatic rings. The van der Waals surface area contributed by atoms with E-state index in [0.29, 0.717) is 11.4 Å². The summed E-state index contributed by atoms with van der Waals surface area (Å²) >= 11 is 0. The number of rotatable bonds is 4. The summed E-state index contributed by atoms with van der Waals surface area (Å²) in [6, 6.07) is 5.01. The lowest BCUT2D eigenvalue weighted by Crippen LogP contribution is -2.31. The van der Waals surface area contributed by atoms with Crippen LogP contribution >= 0.6 is 0 Å². The normalized spacial score (nSPS) is 10.4. The average Bonchev–Trinajstić information content (AvgIpc) is 2.37. The zero-order chi connectivity index (χ0) is 14.5. The molecule has 19 heavy (non-hydrogen) atoms. The Kier molecular flexibility index (Phi) is 4.59. The number of aromatic nitrogens is 1. The van der Waals surface area contributed by atoms with Crippen LogP contribution in [-0.2, 0) is 14.3 Å². The molecular weight excluding hydrogens is 246 g/mol. The molecule has 0 aliphatic heterocycles. The van der Waals surface area contributed by atoms with Crippen LogP contribution < -0.4 is 5.32 Å². The van der Waals surface area contributed by atoms with E-state index >= 15 is 0 Å². The summed E-state index contributed by atoms with van der Waals surface area (Å²) in [6.07, 6.45) is 1.35. The van der Waals surface area contributed by atoms with Crippen molar-refractivity contribution in [2.75, 3.05) is 12.4 Å². The Balaban J connectivity index is 2.65. The summed E-state index contributed by atoms with van der Waals surface area (Å²) in [5.41, 5.74) is -0.487. The van der Waals surface area contributed by atoms with Crippen molar-refractivity contribution in [3.8, 4) is 6.07 Å². The van der Waals surface area contributed by atoms with Gasteiger partial charge in [0, 0.05) is 12.6 Å². The number of carbonyl (C=O) groups is 2. The van der Waals surface area contributed by atoms with E-state index in [-0.39, 0.29) is 12.3 Å². The standard InChI is InChI=1S/C13H15N3O3/c1-13(2,12(18)19-3)6-11(17)16-10-5-4-9(7-14)8-15-10/h4-5,8H,6H2,1-3H3,(H,15,16,17). The fourth-order valence-corrected chi connectivity index (χ4v) is 1.47. The number of anilines is 1. The van der Waals surface area contributed by atoms with E-state index in [2.05, 4.69) is 15.0 Å². The van der Waals surface area contributed by atoms with Gasteiger partial charge in [-0.2, -0.15) is 5.26 Å². The van der Waals surface area contributed by atoms with Crippen molar-refractivity contribution in [3.63, 3.8) is 0 Å². The molecular formula is C13H15N3O3. The maximum absolute atomic E-state index is 11.8. The lowest BCUT2D eigenvalue weighted by Gasteiger charge is -2.20. The van der Waals surface area contributed by atoms with Crippen molar-refractivity contribution in [3.05, 3.63) is 23.9 Å². The molecule has 0 aliphatic carbocycles. The van der Waals surface area contributed by atoms with E-state index in [1.54, 1.807) is 19.9 Å². The number of nitrogens with one attached hydrogen (secondary N) is 1. The van der Waals surface area contributed by atoms with Gasteiger partial charge < -0.3 is 10.1 Å². The molecule has 1 rings (SSSR count). The smallest absolute Gasteiger partial charge is 0.311 e. The minimum absolute atomic E-state index is 0.0125. The number of hydrogen-bond acceptors (Lipinski definition) is 5. The fourth-order valence-electron chi connectivity index (χ4n) is 1.47. The number of pyridine rings is 1. The molecule has 6 nitrogen and oxygen atoms in total. The van der Waals surface area contributed by atoms with Crippen LogP contribution in [0.25, 0.3) is 0 Å². The SMILES string of the molecule is COC(=O)C(C)(C)CC(=O)Nc1ccc(C#N)cn1. The van der Waals surface area contributed by atoms with Crippen LogP contribution in [-0.4, -0.2) is 24.0 Å². The Hall–Kier alpha value is -2.42. The number of nitrogens with zero attached hydrogens (tertiary/aromatic N) is 2. The second kappa shape index (κ2) is 5.96. The van der Waals surface area contributed by atoms with Gasteiger partial charge >= 0.3 is 5.97 Å². The largest absolute Gasteiger partial charge is 0.469 e. The predicted octanol–water partition coefficient (Wildman–Crippen LogP) is 1.48. The highest BCUT2D eigenvalue weighted by atomic mass is 16.5. The van der Waals surface area contributed by atoms with E-state index in [1.807, 2.05) is 6.07 Å². The highest BCUT2D eigenvalue weighted by molar-refractivity contribution is 5.93. The molecule has 0 saturated heterocycles. The predicted molar refractivity (Wildman–Crippen MR) is 68.0 cm³/mol. The lowest BCUT2D eigenvalue weighted by atomic mass is 9.89. The van der Waals surface area contributed by atoms with E-state index < -0.39 is 11.4 Å². The number of amides is 1. The second-order valence-corrected chi connectivity index (χ2v) is 4.64. The summed E-state index contributed by atoms with van der Waals surface area (Å²) in [7, 11) is 1.28. The number of methoxy groups -OCH3 is 1. The first-order chi connectivity index (χ1) is 8.89. The maximum atomic E-state index is 11.8. The molecule has 1 amide bonds. The molecule has 6 heteroatoms. The summed E-state index contributed by atoms with van der Waals surface area (Å²) in [4.78, 5) is 27.1. The molecule has 1 N–H and O–H groups in total. The van der Waals surface area contributed by atoms with Crippen molar-refractivity contribution in [2.24, 2.45) is 5.41 Å². The van der Waals surface area contributed by atoms with Crippen LogP contribution in [0.4, 0.5) is 5.82 Å². The Morgan fingerprint density at radius 3 is 2.63 bits per heavy atom. The Morgan fingerprint density at radius 2 is 2.16 bits per heavy atom. The van der Waals surface area contributed by atoms with Crippen LogP contribution in [0.5, 0.6) is 0 Å². The second-order valence-electron chi connectivity index (χ2n) is 4.64. The zero-order valence-corrected chi connectivity index (χ0v) is 11.1. The molecule has 1 heterocycles. The third-order valence-corrected chi connectivity index (χ3v) is 2.50. The molecule has 0 atom stereocenters. The summed E-state index contributed by atoms with van der Waals surface area (Å²) in [5, 5.41) is 11.2. The Bertz CT molecular complexity index is 515. The average molecular weight is 261 g/mol. The van der Waals surface area contributed by atoms with Gasteiger partial charge in [0.05, 0.1) is 18.1 Å². The number of hydrogen-bond donors (Lipinski definition) is 1. The molecule has 0 saturated carbocycles. The minimum Gasteiger partial charge on any atom is -0.469 e. The van der Waals surface area contributed by atoms with Crippen LogP contribution in [0.2, 0.25) is 0 Å². The van der Waals surface area contributed by atoms with Gasteiger partial charge in [0.25, 0.3) is 0 Å². The van der Waals surface area contributed by atoms with Crippen LogP contribution in [0.1, 0.15) is 25.8 Å². The van der Waals surface area contributed by atoms with E-state index in [9.17, 15) is 9.59 Å². The first kappa shape index (κ1) is 14.6. The summed E-state index contributed by atoms with van der Waals surface area (Å²) in [5.74, 6) is -0.451. The van der Waals surface area contributed by atoms with E-state index in [1.165, 1.54) is 19.4 Å². The Labute approximate surface area is 111 Å². The van der Waals surface area contributed by atoms with Gasteiger partial charge in [0.15, 0.2) is 0 Å². The zero-order valence-electron chi connectivity index (χ0n) is 11.1. The van der Waals surface area contributed by atoms with E-state index in [0.717, 1.165) is 0 Å². The Morgan fingerprint density at radius 1 is 1.47 bits per heavy atom. The van der Waals surface area contributed by atoms with Gasteiger partial charge in [-0.1, -0.05) is 0 Å². The number of ether oxygens (including phenoxy) is 1. The van der Waals surface area contributed by atoms with E-state index in [4.69, 9.17) is 5.26 Å².